The van der Waals surface area contributed by atoms with Gasteiger partial charge in [-0.25, -0.2) is 12.8 Å². The number of carbonyl (C=O) groups is 1. The number of sulfonamides is 1. The summed E-state index contributed by atoms with van der Waals surface area (Å²) in [4.78, 5) is 13.5. The highest BCUT2D eigenvalue weighted by atomic mass is 35.5. The second-order valence-electron chi connectivity index (χ2n) is 6.93. The van der Waals surface area contributed by atoms with Crippen LogP contribution in [0.3, 0.4) is 0 Å². The Kier molecular flexibility index (Phi) is 8.17. The molecular formula is C23H22ClFN2O3S2. The molecule has 0 bridgehead atoms. The van der Waals surface area contributed by atoms with Crippen molar-refractivity contribution in [1.82, 2.24) is 5.32 Å². The molecule has 0 unspecified atom stereocenters. The van der Waals surface area contributed by atoms with Gasteiger partial charge in [-0.3, -0.25) is 9.10 Å². The Bertz CT molecular complexity index is 1170. The summed E-state index contributed by atoms with van der Waals surface area (Å²) < 4.78 is 41.8. The van der Waals surface area contributed by atoms with Crippen LogP contribution in [0.2, 0.25) is 5.02 Å². The van der Waals surface area contributed by atoms with E-state index in [0.717, 1.165) is 20.8 Å². The predicted octanol–water partition coefficient (Wildman–Crippen LogP) is 4.89. The molecule has 3 aromatic rings. The molecule has 0 aliphatic heterocycles. The van der Waals surface area contributed by atoms with E-state index in [1.807, 2.05) is 19.1 Å². The van der Waals surface area contributed by atoms with Gasteiger partial charge >= 0.3 is 0 Å². The zero-order chi connectivity index (χ0) is 23.1. The summed E-state index contributed by atoms with van der Waals surface area (Å²) in [7, 11) is -4.15. The first kappa shape index (κ1) is 24.1. The summed E-state index contributed by atoms with van der Waals surface area (Å²) in [6.45, 7) is 1.62. The minimum absolute atomic E-state index is 0.0163. The molecule has 3 rings (SSSR count). The van der Waals surface area contributed by atoms with Gasteiger partial charge in [0.25, 0.3) is 10.0 Å². The van der Waals surface area contributed by atoms with Gasteiger partial charge in [-0.15, -0.1) is 11.8 Å². The molecule has 0 aliphatic carbocycles. The van der Waals surface area contributed by atoms with E-state index in [1.54, 1.807) is 24.3 Å². The second kappa shape index (κ2) is 10.8. The SMILES string of the molecule is Cc1ccc(S(=O)(=O)N(CC(=O)NCCSc2ccc(Cl)cc2)c2ccccc2F)cc1. The fraction of sp³-hybridized carbons (Fsp3) is 0.174. The van der Waals surface area contributed by atoms with Crippen LogP contribution in [-0.4, -0.2) is 33.2 Å². The Morgan fingerprint density at radius 3 is 2.34 bits per heavy atom. The summed E-state index contributed by atoms with van der Waals surface area (Å²) in [5.41, 5.74) is 0.705. The zero-order valence-corrected chi connectivity index (χ0v) is 19.7. The number of para-hydroxylation sites is 1. The lowest BCUT2D eigenvalue weighted by Crippen LogP contribution is -2.41. The number of hydrogen-bond donors (Lipinski definition) is 1. The molecule has 0 radical (unpaired) electrons. The molecule has 0 aliphatic rings. The van der Waals surface area contributed by atoms with E-state index >= 15 is 0 Å². The number of rotatable bonds is 9. The fourth-order valence-electron chi connectivity index (χ4n) is 2.87. The van der Waals surface area contributed by atoms with Gasteiger partial charge < -0.3 is 5.32 Å². The minimum atomic E-state index is -4.15. The molecule has 1 amide bonds. The Morgan fingerprint density at radius 1 is 1.03 bits per heavy atom. The molecule has 3 aromatic carbocycles. The van der Waals surface area contributed by atoms with Crippen molar-refractivity contribution in [2.75, 3.05) is 23.1 Å². The van der Waals surface area contributed by atoms with Crippen LogP contribution in [0.5, 0.6) is 0 Å². The molecule has 1 N–H and O–H groups in total. The standard InChI is InChI=1S/C23H22ClFN2O3S2/c1-17-6-12-20(13-7-17)32(29,30)27(22-5-3-2-4-21(22)25)16-23(28)26-14-15-31-19-10-8-18(24)9-11-19/h2-13H,14-16H2,1H3,(H,26,28). The number of carbonyl (C=O) groups excluding carboxylic acids is 1. The summed E-state index contributed by atoms with van der Waals surface area (Å²) in [6.07, 6.45) is 0. The summed E-state index contributed by atoms with van der Waals surface area (Å²) >= 11 is 7.39. The number of amides is 1. The molecule has 168 valence electrons. The largest absolute Gasteiger partial charge is 0.354 e. The predicted molar refractivity (Wildman–Crippen MR) is 127 cm³/mol. The van der Waals surface area contributed by atoms with E-state index in [9.17, 15) is 17.6 Å². The van der Waals surface area contributed by atoms with Crippen molar-refractivity contribution in [2.45, 2.75) is 16.7 Å². The van der Waals surface area contributed by atoms with E-state index in [4.69, 9.17) is 11.6 Å². The highest BCUT2D eigenvalue weighted by Gasteiger charge is 2.29. The van der Waals surface area contributed by atoms with Crippen LogP contribution in [0.1, 0.15) is 5.56 Å². The number of nitrogens with one attached hydrogen (secondary N) is 1. The van der Waals surface area contributed by atoms with Crippen molar-refractivity contribution in [3.05, 3.63) is 89.2 Å². The summed E-state index contributed by atoms with van der Waals surface area (Å²) in [5, 5.41) is 3.35. The van der Waals surface area contributed by atoms with Crippen molar-refractivity contribution >= 4 is 45.0 Å². The maximum absolute atomic E-state index is 14.5. The fourth-order valence-corrected chi connectivity index (χ4v) is 5.19. The van der Waals surface area contributed by atoms with Gasteiger partial charge in [-0.05, 0) is 55.5 Å². The second-order valence-corrected chi connectivity index (χ2v) is 10.4. The van der Waals surface area contributed by atoms with Crippen LogP contribution >= 0.6 is 23.4 Å². The summed E-state index contributed by atoms with van der Waals surface area (Å²) in [6, 6.07) is 19.0. The molecule has 9 heteroatoms. The maximum atomic E-state index is 14.5. The number of hydrogen-bond acceptors (Lipinski definition) is 4. The molecule has 0 spiro atoms. The number of benzene rings is 3. The lowest BCUT2D eigenvalue weighted by atomic mass is 10.2. The lowest BCUT2D eigenvalue weighted by molar-refractivity contribution is -0.119. The van der Waals surface area contributed by atoms with Crippen LogP contribution in [0.15, 0.2) is 82.6 Å². The number of thioether (sulfide) groups is 1. The van der Waals surface area contributed by atoms with Crippen LogP contribution in [0.25, 0.3) is 0 Å². The smallest absolute Gasteiger partial charge is 0.264 e. The average molecular weight is 493 g/mol. The highest BCUT2D eigenvalue weighted by molar-refractivity contribution is 7.99. The normalized spacial score (nSPS) is 11.2. The van der Waals surface area contributed by atoms with Crippen LogP contribution < -0.4 is 9.62 Å². The van der Waals surface area contributed by atoms with E-state index in [0.29, 0.717) is 17.3 Å². The average Bonchev–Trinajstić information content (AvgIpc) is 2.77. The quantitative estimate of drug-likeness (QED) is 0.341. The van der Waals surface area contributed by atoms with Crippen molar-refractivity contribution in [2.24, 2.45) is 0 Å². The lowest BCUT2D eigenvalue weighted by Gasteiger charge is -2.24. The molecule has 0 aromatic heterocycles. The highest BCUT2D eigenvalue weighted by Crippen LogP contribution is 2.26. The molecule has 0 saturated carbocycles. The number of anilines is 1. The van der Waals surface area contributed by atoms with E-state index in [-0.39, 0.29) is 10.6 Å². The monoisotopic (exact) mass is 492 g/mol. The van der Waals surface area contributed by atoms with Gasteiger partial charge in [-0.1, -0.05) is 41.4 Å². The Hall–Kier alpha value is -2.55. The Labute approximate surface area is 196 Å². The first-order valence-electron chi connectivity index (χ1n) is 9.76. The van der Waals surface area contributed by atoms with Crippen molar-refractivity contribution in [3.8, 4) is 0 Å². The van der Waals surface area contributed by atoms with Crippen LogP contribution in [0, 0.1) is 12.7 Å². The van der Waals surface area contributed by atoms with E-state index in [2.05, 4.69) is 5.32 Å². The minimum Gasteiger partial charge on any atom is -0.354 e. The summed E-state index contributed by atoms with van der Waals surface area (Å²) in [5.74, 6) is -0.674. The molecule has 32 heavy (non-hydrogen) atoms. The van der Waals surface area contributed by atoms with Gasteiger partial charge in [0.2, 0.25) is 5.91 Å². The molecule has 0 saturated heterocycles. The van der Waals surface area contributed by atoms with E-state index in [1.165, 1.54) is 42.1 Å². The van der Waals surface area contributed by atoms with Crippen LogP contribution in [-0.2, 0) is 14.8 Å². The van der Waals surface area contributed by atoms with Crippen molar-refractivity contribution < 1.29 is 17.6 Å². The van der Waals surface area contributed by atoms with Gasteiger partial charge in [0, 0.05) is 22.2 Å². The molecule has 0 heterocycles. The molecule has 0 fully saturated rings. The number of nitrogens with zero attached hydrogens (tertiary/aromatic N) is 1. The molecule has 0 atom stereocenters. The van der Waals surface area contributed by atoms with Crippen LogP contribution in [0.4, 0.5) is 10.1 Å². The Balaban J connectivity index is 1.71. The number of aryl methyl sites for hydroxylation is 1. The van der Waals surface area contributed by atoms with Gasteiger partial charge in [-0.2, -0.15) is 0 Å². The van der Waals surface area contributed by atoms with Gasteiger partial charge in [0.1, 0.15) is 12.4 Å². The first-order chi connectivity index (χ1) is 15.3. The van der Waals surface area contributed by atoms with Crippen molar-refractivity contribution in [1.29, 1.82) is 0 Å². The zero-order valence-electron chi connectivity index (χ0n) is 17.3. The first-order valence-corrected chi connectivity index (χ1v) is 12.6. The van der Waals surface area contributed by atoms with Crippen molar-refractivity contribution in [3.63, 3.8) is 0 Å². The molecule has 5 nitrogen and oxygen atoms in total. The third kappa shape index (κ3) is 6.25. The Morgan fingerprint density at radius 2 is 1.69 bits per heavy atom. The third-order valence-electron chi connectivity index (χ3n) is 4.52. The van der Waals surface area contributed by atoms with Gasteiger partial charge in [0.05, 0.1) is 10.6 Å². The van der Waals surface area contributed by atoms with Gasteiger partial charge in [0.15, 0.2) is 0 Å². The van der Waals surface area contributed by atoms with E-state index < -0.39 is 28.3 Å². The topological polar surface area (TPSA) is 66.5 Å². The third-order valence-corrected chi connectivity index (χ3v) is 7.56. The number of halogens is 2. The maximum Gasteiger partial charge on any atom is 0.264 e. The molecular weight excluding hydrogens is 471 g/mol.